The number of carbonyl (C=O) groups excluding carboxylic acids is 2. The molecule has 0 bridgehead atoms. The number of nitrogens with one attached hydrogen (secondary N) is 3. The average molecular weight is 311 g/mol. The van der Waals surface area contributed by atoms with Crippen LogP contribution in [0.4, 0.5) is 5.69 Å². The lowest BCUT2D eigenvalue weighted by atomic mass is 10.2. The van der Waals surface area contributed by atoms with Crippen LogP contribution in [0.25, 0.3) is 11.1 Å². The monoisotopic (exact) mass is 311 g/mol. The minimum absolute atomic E-state index is 0.159. The third-order valence-electron chi connectivity index (χ3n) is 3.15. The van der Waals surface area contributed by atoms with Gasteiger partial charge in [-0.25, -0.2) is 4.79 Å². The molecule has 2 amide bonds. The molecule has 1 aromatic heterocycles. The maximum atomic E-state index is 11.9. The van der Waals surface area contributed by atoms with E-state index in [2.05, 4.69) is 15.6 Å². The molecule has 23 heavy (non-hydrogen) atoms. The molecule has 3 rings (SSSR count). The summed E-state index contributed by atoms with van der Waals surface area (Å²) in [6.07, 6.45) is 0. The molecule has 0 spiro atoms. The Morgan fingerprint density at radius 2 is 1.87 bits per heavy atom. The molecule has 116 valence electrons. The zero-order valence-electron chi connectivity index (χ0n) is 12.0. The Kier molecular flexibility index (Phi) is 3.92. The zero-order valence-corrected chi connectivity index (χ0v) is 12.0. The fraction of sp³-hybridized carbons (Fsp3) is 0.0625. The van der Waals surface area contributed by atoms with Crippen LogP contribution in [0, 0.1) is 0 Å². The number of hydrogen-bond acceptors (Lipinski definition) is 4. The second-order valence-corrected chi connectivity index (χ2v) is 4.82. The highest BCUT2D eigenvalue weighted by atomic mass is 16.4. The molecule has 0 aliphatic heterocycles. The maximum Gasteiger partial charge on any atom is 0.417 e. The topological polar surface area (TPSA) is 104 Å². The molecular weight excluding hydrogens is 298 g/mol. The molecule has 0 unspecified atom stereocenters. The number of benzene rings is 2. The van der Waals surface area contributed by atoms with Crippen LogP contribution in [-0.2, 0) is 4.79 Å². The van der Waals surface area contributed by atoms with E-state index in [-0.39, 0.29) is 18.4 Å². The van der Waals surface area contributed by atoms with Gasteiger partial charge in [-0.3, -0.25) is 14.6 Å². The lowest BCUT2D eigenvalue weighted by Gasteiger charge is -2.07. The third-order valence-corrected chi connectivity index (χ3v) is 3.15. The molecule has 7 nitrogen and oxygen atoms in total. The van der Waals surface area contributed by atoms with Gasteiger partial charge < -0.3 is 15.1 Å². The fourth-order valence-electron chi connectivity index (χ4n) is 2.09. The summed E-state index contributed by atoms with van der Waals surface area (Å²) in [6.45, 7) is -0.159. The molecule has 0 saturated heterocycles. The first-order valence-electron chi connectivity index (χ1n) is 6.88. The van der Waals surface area contributed by atoms with E-state index in [1.165, 1.54) is 0 Å². The maximum absolute atomic E-state index is 11.9. The van der Waals surface area contributed by atoms with Crippen LogP contribution < -0.4 is 16.4 Å². The van der Waals surface area contributed by atoms with E-state index < -0.39 is 5.76 Å². The summed E-state index contributed by atoms with van der Waals surface area (Å²) >= 11 is 0. The highest BCUT2D eigenvalue weighted by Crippen LogP contribution is 2.15. The van der Waals surface area contributed by atoms with Gasteiger partial charge in [0.1, 0.15) is 0 Å². The van der Waals surface area contributed by atoms with Crippen molar-refractivity contribution in [3.8, 4) is 0 Å². The Balaban J connectivity index is 1.60. The van der Waals surface area contributed by atoms with Gasteiger partial charge in [-0.05, 0) is 30.3 Å². The van der Waals surface area contributed by atoms with Crippen molar-refractivity contribution < 1.29 is 14.0 Å². The van der Waals surface area contributed by atoms with Crippen LogP contribution in [0.3, 0.4) is 0 Å². The highest BCUT2D eigenvalue weighted by Gasteiger charge is 2.09. The van der Waals surface area contributed by atoms with E-state index in [1.54, 1.807) is 48.5 Å². The predicted octanol–water partition coefficient (Wildman–Crippen LogP) is 1.49. The molecule has 0 aliphatic rings. The first kappa shape index (κ1) is 14.6. The molecular formula is C16H13N3O4. The van der Waals surface area contributed by atoms with Crippen molar-refractivity contribution >= 4 is 28.6 Å². The second kappa shape index (κ2) is 6.18. The Hall–Kier alpha value is -3.35. The van der Waals surface area contributed by atoms with Crippen molar-refractivity contribution in [3.63, 3.8) is 0 Å². The SMILES string of the molecule is O=C(CNC(=O)c1ccccc1)Nc1ccc2oc(=O)[nH]c2c1. The van der Waals surface area contributed by atoms with Gasteiger partial charge in [0.15, 0.2) is 5.58 Å². The Morgan fingerprint density at radius 1 is 1.09 bits per heavy atom. The van der Waals surface area contributed by atoms with Gasteiger partial charge in [-0.15, -0.1) is 0 Å². The van der Waals surface area contributed by atoms with E-state index in [0.717, 1.165) is 0 Å². The second-order valence-electron chi connectivity index (χ2n) is 4.82. The van der Waals surface area contributed by atoms with Gasteiger partial charge in [0, 0.05) is 11.3 Å². The average Bonchev–Trinajstić information content (AvgIpc) is 2.92. The number of anilines is 1. The van der Waals surface area contributed by atoms with E-state index in [4.69, 9.17) is 4.42 Å². The smallest absolute Gasteiger partial charge is 0.408 e. The van der Waals surface area contributed by atoms with E-state index >= 15 is 0 Å². The van der Waals surface area contributed by atoms with Crippen LogP contribution >= 0.6 is 0 Å². The third kappa shape index (κ3) is 3.46. The molecule has 3 aromatic rings. The van der Waals surface area contributed by atoms with Crippen LogP contribution in [0.2, 0.25) is 0 Å². The van der Waals surface area contributed by atoms with Crippen LogP contribution in [0.1, 0.15) is 10.4 Å². The van der Waals surface area contributed by atoms with Gasteiger partial charge in [0.2, 0.25) is 5.91 Å². The van der Waals surface area contributed by atoms with Gasteiger partial charge in [0.05, 0.1) is 12.1 Å². The molecule has 1 heterocycles. The Bertz CT molecular complexity index is 912. The molecule has 0 atom stereocenters. The van der Waals surface area contributed by atoms with Crippen molar-refractivity contribution in [2.24, 2.45) is 0 Å². The number of oxazole rings is 1. The number of rotatable bonds is 4. The first-order chi connectivity index (χ1) is 11.1. The quantitative estimate of drug-likeness (QED) is 0.679. The summed E-state index contributed by atoms with van der Waals surface area (Å²) in [7, 11) is 0. The van der Waals surface area contributed by atoms with Crippen molar-refractivity contribution in [1.82, 2.24) is 10.3 Å². The Morgan fingerprint density at radius 3 is 2.65 bits per heavy atom. The van der Waals surface area contributed by atoms with Crippen LogP contribution in [0.5, 0.6) is 0 Å². The van der Waals surface area contributed by atoms with Gasteiger partial charge in [0.25, 0.3) is 5.91 Å². The summed E-state index contributed by atoms with van der Waals surface area (Å²) in [5, 5.41) is 5.17. The normalized spacial score (nSPS) is 10.4. The summed E-state index contributed by atoms with van der Waals surface area (Å²) in [5.74, 6) is -1.26. The first-order valence-corrected chi connectivity index (χ1v) is 6.88. The van der Waals surface area contributed by atoms with Gasteiger partial charge in [-0.1, -0.05) is 18.2 Å². The van der Waals surface area contributed by atoms with E-state index in [9.17, 15) is 14.4 Å². The molecule has 0 radical (unpaired) electrons. The minimum Gasteiger partial charge on any atom is -0.408 e. The van der Waals surface area contributed by atoms with Crippen molar-refractivity contribution in [3.05, 3.63) is 64.6 Å². The number of aromatic amines is 1. The highest BCUT2D eigenvalue weighted by molar-refractivity contribution is 5.99. The standard InChI is InChI=1S/C16H13N3O4/c20-14(9-17-15(21)10-4-2-1-3-5-10)18-11-6-7-13-12(8-11)19-16(22)23-13/h1-8H,9H2,(H,17,21)(H,18,20)(H,19,22). The molecule has 2 aromatic carbocycles. The molecule has 0 aliphatic carbocycles. The summed E-state index contributed by atoms with van der Waals surface area (Å²) in [5.41, 5.74) is 1.87. The van der Waals surface area contributed by atoms with E-state index in [0.29, 0.717) is 22.4 Å². The summed E-state index contributed by atoms with van der Waals surface area (Å²) in [4.78, 5) is 37.3. The van der Waals surface area contributed by atoms with Crippen molar-refractivity contribution in [1.29, 1.82) is 0 Å². The number of aromatic nitrogens is 1. The number of amides is 2. The minimum atomic E-state index is -0.557. The number of carbonyl (C=O) groups is 2. The van der Waals surface area contributed by atoms with Crippen molar-refractivity contribution in [2.75, 3.05) is 11.9 Å². The fourth-order valence-corrected chi connectivity index (χ4v) is 2.09. The predicted molar refractivity (Wildman–Crippen MR) is 84.2 cm³/mol. The zero-order chi connectivity index (χ0) is 16.2. The van der Waals surface area contributed by atoms with Gasteiger partial charge >= 0.3 is 5.76 Å². The summed E-state index contributed by atoms with van der Waals surface area (Å²) < 4.78 is 4.87. The molecule has 0 fully saturated rings. The molecule has 0 saturated carbocycles. The number of hydrogen-bond donors (Lipinski definition) is 3. The van der Waals surface area contributed by atoms with Crippen LogP contribution in [0.15, 0.2) is 57.7 Å². The van der Waals surface area contributed by atoms with Gasteiger partial charge in [-0.2, -0.15) is 0 Å². The molecule has 7 heteroatoms. The van der Waals surface area contributed by atoms with Crippen molar-refractivity contribution in [2.45, 2.75) is 0 Å². The lowest BCUT2D eigenvalue weighted by molar-refractivity contribution is -0.115. The lowest BCUT2D eigenvalue weighted by Crippen LogP contribution is -2.32. The van der Waals surface area contributed by atoms with Crippen LogP contribution in [-0.4, -0.2) is 23.3 Å². The largest absolute Gasteiger partial charge is 0.417 e. The summed E-state index contributed by atoms with van der Waals surface area (Å²) in [6, 6.07) is 13.4. The van der Waals surface area contributed by atoms with E-state index in [1.807, 2.05) is 0 Å². The number of fused-ring (bicyclic) bond motifs is 1. The Labute approximate surface area is 130 Å². The number of H-pyrrole nitrogens is 1. The molecule has 3 N–H and O–H groups in total.